The van der Waals surface area contributed by atoms with Gasteiger partial charge in [0.2, 0.25) is 0 Å². The lowest BCUT2D eigenvalue weighted by Gasteiger charge is -2.28. The second-order valence-corrected chi connectivity index (χ2v) is 11.2. The van der Waals surface area contributed by atoms with Crippen LogP contribution in [0, 0.1) is 0 Å². The maximum atomic E-state index is 12.5. The Balaban J connectivity index is 0.000000197. The molecule has 0 saturated heterocycles. The Bertz CT molecular complexity index is 1770. The highest BCUT2D eigenvalue weighted by molar-refractivity contribution is 7.89. The average molecular weight is 586 g/mol. The molecule has 1 aromatic heterocycles. The number of nitrogens with zero attached hydrogens (tertiary/aromatic N) is 2. The molecule has 3 N–H and O–H groups in total. The fraction of sp³-hybridized carbons (Fsp3) is 0.0968. The summed E-state index contributed by atoms with van der Waals surface area (Å²) in [4.78, 5) is 39.5. The summed E-state index contributed by atoms with van der Waals surface area (Å²) in [5.74, 6) is -2.52. The number of hydrogen-bond donors (Lipinski definition) is 3. The number of carbonyl (C=O) groups is 3. The predicted octanol–water partition coefficient (Wildman–Crippen LogP) is 4.69. The van der Waals surface area contributed by atoms with E-state index < -0.39 is 33.6 Å². The van der Waals surface area contributed by atoms with Gasteiger partial charge in [-0.2, -0.15) is 0 Å². The van der Waals surface area contributed by atoms with Crippen molar-refractivity contribution in [3.05, 3.63) is 131 Å². The third-order valence-corrected chi connectivity index (χ3v) is 8.31. The first-order chi connectivity index (χ1) is 20.0. The van der Waals surface area contributed by atoms with Crippen molar-refractivity contribution in [2.24, 2.45) is 0 Å². The number of pyridine rings is 1. The number of nitrogens with one attached hydrogen (secondary N) is 1. The minimum absolute atomic E-state index is 0.0469. The third-order valence-electron chi connectivity index (χ3n) is 6.50. The van der Waals surface area contributed by atoms with Crippen molar-refractivity contribution in [3.63, 3.8) is 0 Å². The normalized spacial score (nSPS) is 14.1. The minimum Gasteiger partial charge on any atom is -0.505 e. The predicted molar refractivity (Wildman–Crippen MR) is 156 cm³/mol. The van der Waals surface area contributed by atoms with Crippen molar-refractivity contribution in [2.75, 3.05) is 12.4 Å². The molecule has 1 aliphatic rings. The molecule has 1 amide bonds. The number of aliphatic carboxylic acids is 1. The standard InChI is InChI=1S/C16H14O3.C15H13N3O4S/c1-11(16(18)19)13-8-5-9-14(10-13)15(17)12-6-3-2-4-7-12;1-18-13(15(20)17-12-8-4-5-9-16-12)14(19)10-6-2-3-7-11(10)23(18,21)22/h2-11H,1H3,(H,18,19);2-9,19H,1H3,(H,16,17,20). The molecule has 3 aromatic carbocycles. The Kier molecular flexibility index (Phi) is 8.82. The van der Waals surface area contributed by atoms with E-state index in [-0.39, 0.29) is 27.8 Å². The largest absolute Gasteiger partial charge is 0.505 e. The maximum Gasteiger partial charge on any atom is 0.310 e. The number of likely N-dealkylation sites (N-methyl/N-ethyl adjacent to an activating group) is 1. The number of anilines is 1. The summed E-state index contributed by atoms with van der Waals surface area (Å²) in [5.41, 5.74) is 1.49. The molecule has 1 unspecified atom stereocenters. The zero-order chi connectivity index (χ0) is 30.4. The van der Waals surface area contributed by atoms with Crippen LogP contribution in [0.25, 0.3) is 5.76 Å². The lowest BCUT2D eigenvalue weighted by Crippen LogP contribution is -2.37. The number of aromatic nitrogens is 1. The number of carbonyl (C=O) groups excluding carboxylic acids is 2. The number of amides is 1. The lowest BCUT2D eigenvalue weighted by atomic mass is 9.96. The topological polar surface area (TPSA) is 154 Å². The first-order valence-electron chi connectivity index (χ1n) is 12.7. The van der Waals surface area contributed by atoms with Crippen LogP contribution in [0.2, 0.25) is 0 Å². The molecule has 0 spiro atoms. The zero-order valence-electron chi connectivity index (χ0n) is 22.6. The molecule has 4 aromatic rings. The molecule has 214 valence electrons. The molecule has 0 fully saturated rings. The van der Waals surface area contributed by atoms with E-state index in [1.54, 1.807) is 85.8 Å². The number of benzene rings is 3. The Labute approximate surface area is 242 Å². The molecule has 1 atom stereocenters. The smallest absolute Gasteiger partial charge is 0.310 e. The minimum atomic E-state index is -3.91. The molecule has 10 nitrogen and oxygen atoms in total. The number of sulfonamides is 1. The molecule has 0 aliphatic carbocycles. The van der Waals surface area contributed by atoms with E-state index in [2.05, 4.69) is 10.3 Å². The third kappa shape index (κ3) is 6.21. The van der Waals surface area contributed by atoms with Gasteiger partial charge in [-0.15, -0.1) is 0 Å². The number of fused-ring (bicyclic) bond motifs is 1. The molecular weight excluding hydrogens is 558 g/mol. The van der Waals surface area contributed by atoms with Crippen molar-refractivity contribution in [1.29, 1.82) is 0 Å². The number of aliphatic hydroxyl groups excluding tert-OH is 1. The van der Waals surface area contributed by atoms with Crippen LogP contribution >= 0.6 is 0 Å². The number of carboxylic acid groups (broad SMARTS) is 1. The van der Waals surface area contributed by atoms with Crippen LogP contribution < -0.4 is 5.32 Å². The molecule has 0 radical (unpaired) electrons. The van der Waals surface area contributed by atoms with Crippen molar-refractivity contribution in [2.45, 2.75) is 17.7 Å². The van der Waals surface area contributed by atoms with Gasteiger partial charge in [-0.1, -0.05) is 66.7 Å². The van der Waals surface area contributed by atoms with E-state index >= 15 is 0 Å². The van der Waals surface area contributed by atoms with Crippen LogP contribution in [0.4, 0.5) is 5.82 Å². The fourth-order valence-corrected chi connectivity index (χ4v) is 5.54. The van der Waals surface area contributed by atoms with E-state index in [1.807, 2.05) is 6.07 Å². The fourth-order valence-electron chi connectivity index (χ4n) is 4.14. The van der Waals surface area contributed by atoms with Crippen molar-refractivity contribution >= 4 is 39.3 Å². The molecule has 42 heavy (non-hydrogen) atoms. The van der Waals surface area contributed by atoms with E-state index in [4.69, 9.17) is 5.11 Å². The Morgan fingerprint density at radius 2 is 1.50 bits per heavy atom. The summed E-state index contributed by atoms with van der Waals surface area (Å²) in [6, 6.07) is 26.6. The Hall–Kier alpha value is -5.29. The second kappa shape index (κ2) is 12.5. The monoisotopic (exact) mass is 585 g/mol. The summed E-state index contributed by atoms with van der Waals surface area (Å²) in [6.07, 6.45) is 1.49. The van der Waals surface area contributed by atoms with E-state index in [1.165, 1.54) is 25.4 Å². The summed E-state index contributed by atoms with van der Waals surface area (Å²) in [5, 5.41) is 21.8. The van der Waals surface area contributed by atoms with Crippen molar-refractivity contribution in [3.8, 4) is 0 Å². The van der Waals surface area contributed by atoms with Crippen LogP contribution in [0.3, 0.4) is 0 Å². The van der Waals surface area contributed by atoms with Gasteiger partial charge < -0.3 is 15.5 Å². The first kappa shape index (κ1) is 29.7. The van der Waals surface area contributed by atoms with Crippen LogP contribution in [0.1, 0.15) is 39.9 Å². The van der Waals surface area contributed by atoms with Gasteiger partial charge in [0.05, 0.1) is 10.8 Å². The average Bonchev–Trinajstić information content (AvgIpc) is 3.01. The van der Waals surface area contributed by atoms with Gasteiger partial charge in [-0.3, -0.25) is 18.7 Å². The number of aliphatic hydroxyl groups is 1. The number of rotatable bonds is 6. The highest BCUT2D eigenvalue weighted by atomic mass is 32.2. The van der Waals surface area contributed by atoms with Crippen molar-refractivity contribution in [1.82, 2.24) is 9.29 Å². The van der Waals surface area contributed by atoms with Gasteiger partial charge >= 0.3 is 5.97 Å². The molecule has 0 bridgehead atoms. The van der Waals surface area contributed by atoms with Crippen LogP contribution in [0.15, 0.2) is 114 Å². The van der Waals surface area contributed by atoms with Gasteiger partial charge in [0.15, 0.2) is 17.2 Å². The molecule has 5 rings (SSSR count). The van der Waals surface area contributed by atoms with Crippen LogP contribution in [0.5, 0.6) is 0 Å². The number of ketones is 1. The van der Waals surface area contributed by atoms with Crippen LogP contribution in [-0.2, 0) is 19.6 Å². The van der Waals surface area contributed by atoms with Gasteiger partial charge in [0.1, 0.15) is 5.82 Å². The molecular formula is C31H27N3O7S. The zero-order valence-corrected chi connectivity index (χ0v) is 23.4. The van der Waals surface area contributed by atoms with E-state index in [9.17, 15) is 27.9 Å². The Morgan fingerprint density at radius 3 is 2.17 bits per heavy atom. The highest BCUT2D eigenvalue weighted by Crippen LogP contribution is 2.34. The van der Waals surface area contributed by atoms with E-state index in [0.717, 1.165) is 4.31 Å². The van der Waals surface area contributed by atoms with Crippen LogP contribution in [-0.4, -0.2) is 52.6 Å². The lowest BCUT2D eigenvalue weighted by molar-refractivity contribution is -0.138. The van der Waals surface area contributed by atoms with Gasteiger partial charge in [0, 0.05) is 29.9 Å². The maximum absolute atomic E-state index is 12.5. The quantitative estimate of drug-likeness (QED) is 0.276. The van der Waals surface area contributed by atoms with E-state index in [0.29, 0.717) is 16.7 Å². The van der Waals surface area contributed by atoms with Gasteiger partial charge in [-0.25, -0.2) is 13.4 Å². The highest BCUT2D eigenvalue weighted by Gasteiger charge is 2.37. The number of carboxylic acids is 1. The summed E-state index contributed by atoms with van der Waals surface area (Å²) < 4.78 is 25.8. The SMILES string of the molecule is CC(C(=O)O)c1cccc(C(=O)c2ccccc2)c1.CN1C(C(=O)Nc2ccccn2)=C(O)c2ccccc2S1(=O)=O. The van der Waals surface area contributed by atoms with Gasteiger partial charge in [0.25, 0.3) is 15.9 Å². The summed E-state index contributed by atoms with van der Waals surface area (Å²) in [6.45, 7) is 1.61. The van der Waals surface area contributed by atoms with Crippen molar-refractivity contribution < 1.29 is 33.0 Å². The molecule has 0 saturated carbocycles. The number of hydrogen-bond acceptors (Lipinski definition) is 7. The Morgan fingerprint density at radius 1 is 0.857 bits per heavy atom. The first-order valence-corrected chi connectivity index (χ1v) is 14.1. The molecule has 2 heterocycles. The summed E-state index contributed by atoms with van der Waals surface area (Å²) >= 11 is 0. The molecule has 11 heteroatoms. The second-order valence-electron chi connectivity index (χ2n) is 9.22. The van der Waals surface area contributed by atoms with Gasteiger partial charge in [-0.05, 0) is 42.8 Å². The summed E-state index contributed by atoms with van der Waals surface area (Å²) in [7, 11) is -2.69. The molecule has 1 aliphatic heterocycles.